The molecule has 0 amide bonds. The number of ether oxygens (including phenoxy) is 2. The Balaban J connectivity index is 2.95. The minimum absolute atomic E-state index is 0.237. The fourth-order valence-electron chi connectivity index (χ4n) is 1.17. The highest BCUT2D eigenvalue weighted by atomic mass is 16.5. The quantitative estimate of drug-likeness (QED) is 0.714. The Hall–Kier alpha value is -2.09. The maximum absolute atomic E-state index is 11.4. The molecule has 0 saturated heterocycles. The van der Waals surface area contributed by atoms with E-state index >= 15 is 0 Å². The Morgan fingerprint density at radius 2 is 2.38 bits per heavy atom. The van der Waals surface area contributed by atoms with Crippen molar-refractivity contribution in [1.29, 1.82) is 5.26 Å². The van der Waals surface area contributed by atoms with Crippen molar-refractivity contribution >= 4 is 5.97 Å². The van der Waals surface area contributed by atoms with Gasteiger partial charge in [-0.25, -0.2) is 4.98 Å². The zero-order chi connectivity index (χ0) is 12.0. The standard InChI is InChI=1S/C11H12N2O3/c1-3-16-11(14)8(7-12)9-5-4-6-10(13-9)15-2/h4-6,8H,3H2,1-2H3. The molecule has 0 fully saturated rings. The third kappa shape index (κ3) is 2.70. The van der Waals surface area contributed by atoms with Gasteiger partial charge in [0.1, 0.15) is 0 Å². The van der Waals surface area contributed by atoms with Crippen LogP contribution in [-0.4, -0.2) is 24.7 Å². The first-order chi connectivity index (χ1) is 7.72. The van der Waals surface area contributed by atoms with Crippen molar-refractivity contribution < 1.29 is 14.3 Å². The molecule has 1 unspecified atom stereocenters. The summed E-state index contributed by atoms with van der Waals surface area (Å²) >= 11 is 0. The number of methoxy groups -OCH3 is 1. The van der Waals surface area contributed by atoms with E-state index in [1.807, 2.05) is 6.07 Å². The summed E-state index contributed by atoms with van der Waals surface area (Å²) < 4.78 is 9.70. The lowest BCUT2D eigenvalue weighted by Gasteiger charge is -2.08. The summed E-state index contributed by atoms with van der Waals surface area (Å²) in [6.45, 7) is 1.92. The van der Waals surface area contributed by atoms with Crippen LogP contribution in [0.4, 0.5) is 0 Å². The van der Waals surface area contributed by atoms with Gasteiger partial charge in [0.25, 0.3) is 0 Å². The van der Waals surface area contributed by atoms with Gasteiger partial charge in [-0.1, -0.05) is 6.07 Å². The van der Waals surface area contributed by atoms with E-state index in [4.69, 9.17) is 14.7 Å². The van der Waals surface area contributed by atoms with Gasteiger partial charge in [-0.2, -0.15) is 5.26 Å². The van der Waals surface area contributed by atoms with E-state index < -0.39 is 11.9 Å². The summed E-state index contributed by atoms with van der Waals surface area (Å²) in [7, 11) is 1.47. The fraction of sp³-hybridized carbons (Fsp3) is 0.364. The van der Waals surface area contributed by atoms with Crippen LogP contribution in [0.3, 0.4) is 0 Å². The molecule has 0 aliphatic carbocycles. The van der Waals surface area contributed by atoms with Crippen molar-refractivity contribution in [3.63, 3.8) is 0 Å². The summed E-state index contributed by atoms with van der Waals surface area (Å²) in [6.07, 6.45) is 0. The second kappa shape index (κ2) is 5.71. The van der Waals surface area contributed by atoms with E-state index in [1.165, 1.54) is 7.11 Å². The van der Waals surface area contributed by atoms with Crippen LogP contribution in [0.1, 0.15) is 18.5 Å². The Labute approximate surface area is 93.6 Å². The Morgan fingerprint density at radius 3 is 2.94 bits per heavy atom. The number of hydrogen-bond donors (Lipinski definition) is 0. The number of pyridine rings is 1. The lowest BCUT2D eigenvalue weighted by atomic mass is 10.1. The molecule has 0 aliphatic rings. The lowest BCUT2D eigenvalue weighted by molar-refractivity contribution is -0.143. The third-order valence-corrected chi connectivity index (χ3v) is 1.90. The number of esters is 1. The van der Waals surface area contributed by atoms with Crippen molar-refractivity contribution in [2.75, 3.05) is 13.7 Å². The van der Waals surface area contributed by atoms with Gasteiger partial charge in [0.05, 0.1) is 25.5 Å². The molecule has 84 valence electrons. The monoisotopic (exact) mass is 220 g/mol. The van der Waals surface area contributed by atoms with E-state index in [0.717, 1.165) is 0 Å². The molecular formula is C11H12N2O3. The van der Waals surface area contributed by atoms with Crippen LogP contribution < -0.4 is 4.74 Å². The molecule has 0 radical (unpaired) electrons. The summed E-state index contributed by atoms with van der Waals surface area (Å²) in [6, 6.07) is 6.77. The molecule has 0 aromatic carbocycles. The maximum atomic E-state index is 11.4. The molecule has 5 heteroatoms. The second-order valence-corrected chi connectivity index (χ2v) is 2.92. The van der Waals surface area contributed by atoms with Crippen LogP contribution in [0, 0.1) is 11.3 Å². The van der Waals surface area contributed by atoms with Crippen LogP contribution in [0.2, 0.25) is 0 Å². The number of rotatable bonds is 4. The highest BCUT2D eigenvalue weighted by molar-refractivity contribution is 5.80. The molecule has 5 nitrogen and oxygen atoms in total. The maximum Gasteiger partial charge on any atom is 0.329 e. The van der Waals surface area contributed by atoms with Crippen molar-refractivity contribution in [3.8, 4) is 11.9 Å². The predicted molar refractivity (Wildman–Crippen MR) is 55.8 cm³/mol. The zero-order valence-corrected chi connectivity index (χ0v) is 9.14. The predicted octanol–water partition coefficient (Wildman–Crippen LogP) is 1.26. The van der Waals surface area contributed by atoms with E-state index in [0.29, 0.717) is 11.6 Å². The fourth-order valence-corrected chi connectivity index (χ4v) is 1.17. The van der Waals surface area contributed by atoms with Gasteiger partial charge in [0, 0.05) is 6.07 Å². The van der Waals surface area contributed by atoms with Gasteiger partial charge in [0.15, 0.2) is 5.92 Å². The number of nitrogens with zero attached hydrogens (tertiary/aromatic N) is 2. The van der Waals surface area contributed by atoms with E-state index in [9.17, 15) is 4.79 Å². The molecule has 0 aliphatic heterocycles. The zero-order valence-electron chi connectivity index (χ0n) is 9.14. The minimum Gasteiger partial charge on any atom is -0.481 e. The highest BCUT2D eigenvalue weighted by Crippen LogP contribution is 2.17. The van der Waals surface area contributed by atoms with Crippen molar-refractivity contribution in [3.05, 3.63) is 23.9 Å². The molecule has 1 heterocycles. The molecule has 0 N–H and O–H groups in total. The first-order valence-electron chi connectivity index (χ1n) is 4.80. The number of hydrogen-bond acceptors (Lipinski definition) is 5. The summed E-state index contributed by atoms with van der Waals surface area (Å²) in [5, 5.41) is 8.91. The van der Waals surface area contributed by atoms with Crippen LogP contribution in [0.15, 0.2) is 18.2 Å². The van der Waals surface area contributed by atoms with Gasteiger partial charge in [-0.3, -0.25) is 4.79 Å². The molecule has 0 spiro atoms. The average Bonchev–Trinajstić information content (AvgIpc) is 2.31. The molecule has 16 heavy (non-hydrogen) atoms. The largest absolute Gasteiger partial charge is 0.481 e. The number of nitriles is 1. The van der Waals surface area contributed by atoms with Crippen LogP contribution in [-0.2, 0) is 9.53 Å². The second-order valence-electron chi connectivity index (χ2n) is 2.92. The SMILES string of the molecule is CCOC(=O)C(C#N)c1cccc(OC)n1. The molecular weight excluding hydrogens is 208 g/mol. The van der Waals surface area contributed by atoms with Crippen LogP contribution >= 0.6 is 0 Å². The third-order valence-electron chi connectivity index (χ3n) is 1.90. The number of carbonyl (C=O) groups is 1. The smallest absolute Gasteiger partial charge is 0.329 e. The first kappa shape index (κ1) is 12.0. The van der Waals surface area contributed by atoms with Crippen molar-refractivity contribution in [2.45, 2.75) is 12.8 Å². The first-order valence-corrected chi connectivity index (χ1v) is 4.80. The molecule has 0 saturated carbocycles. The van der Waals surface area contributed by atoms with Crippen molar-refractivity contribution in [2.24, 2.45) is 0 Å². The van der Waals surface area contributed by atoms with Gasteiger partial charge >= 0.3 is 5.97 Å². The summed E-state index contributed by atoms with van der Waals surface area (Å²) in [5.74, 6) is -1.23. The van der Waals surface area contributed by atoms with E-state index in [-0.39, 0.29) is 6.61 Å². The molecule has 0 bridgehead atoms. The lowest BCUT2D eigenvalue weighted by Crippen LogP contribution is -2.15. The minimum atomic E-state index is -1.00. The van der Waals surface area contributed by atoms with Gasteiger partial charge in [0.2, 0.25) is 5.88 Å². The molecule has 1 aromatic heterocycles. The van der Waals surface area contributed by atoms with Gasteiger partial charge < -0.3 is 9.47 Å². The van der Waals surface area contributed by atoms with Gasteiger partial charge in [-0.15, -0.1) is 0 Å². The highest BCUT2D eigenvalue weighted by Gasteiger charge is 2.23. The molecule has 1 atom stereocenters. The summed E-state index contributed by atoms with van der Waals surface area (Å²) in [5.41, 5.74) is 0.334. The Kier molecular flexibility index (Phi) is 4.28. The summed E-state index contributed by atoms with van der Waals surface area (Å²) in [4.78, 5) is 15.5. The number of aromatic nitrogens is 1. The number of carbonyl (C=O) groups excluding carboxylic acids is 1. The molecule has 1 aromatic rings. The van der Waals surface area contributed by atoms with Crippen LogP contribution in [0.25, 0.3) is 0 Å². The Morgan fingerprint density at radius 1 is 1.62 bits per heavy atom. The average molecular weight is 220 g/mol. The van der Waals surface area contributed by atoms with Crippen molar-refractivity contribution in [1.82, 2.24) is 4.98 Å². The van der Waals surface area contributed by atoms with E-state index in [1.54, 1.807) is 25.1 Å². The van der Waals surface area contributed by atoms with Gasteiger partial charge in [-0.05, 0) is 13.0 Å². The Bertz CT molecular complexity index is 412. The normalized spacial score (nSPS) is 11.3. The van der Waals surface area contributed by atoms with E-state index in [2.05, 4.69) is 4.98 Å². The molecule has 1 rings (SSSR count). The topological polar surface area (TPSA) is 72.2 Å². The van der Waals surface area contributed by atoms with Crippen LogP contribution in [0.5, 0.6) is 5.88 Å².